The summed E-state index contributed by atoms with van der Waals surface area (Å²) < 4.78 is 11.2. The molecule has 0 N–H and O–H groups in total. The predicted octanol–water partition coefficient (Wildman–Crippen LogP) is 6.01. The minimum atomic E-state index is -0.441. The van der Waals surface area contributed by atoms with Gasteiger partial charge in [0.05, 0.1) is 11.8 Å². The number of ether oxygens (including phenoxy) is 2. The fourth-order valence-corrected chi connectivity index (χ4v) is 3.54. The molecule has 0 amide bonds. The first kappa shape index (κ1) is 34.6. The van der Waals surface area contributed by atoms with Crippen molar-refractivity contribution >= 4 is 11.9 Å². The number of para-hydroxylation sites is 2. The maximum absolute atomic E-state index is 12.4. The van der Waals surface area contributed by atoms with Crippen LogP contribution in [0.3, 0.4) is 0 Å². The van der Waals surface area contributed by atoms with Crippen LogP contribution in [0.4, 0.5) is 0 Å². The molecule has 2 aromatic carbocycles. The van der Waals surface area contributed by atoms with Crippen molar-refractivity contribution in [1.82, 2.24) is 0 Å². The molecule has 20 radical (unpaired) electrons. The van der Waals surface area contributed by atoms with Gasteiger partial charge in [0.25, 0.3) is 0 Å². The van der Waals surface area contributed by atoms with Crippen LogP contribution < -0.4 is 9.47 Å². The molecule has 2 aromatic rings. The fourth-order valence-electron chi connectivity index (χ4n) is 3.54. The monoisotopic (exact) mass is 610 g/mol. The van der Waals surface area contributed by atoms with E-state index in [0.717, 1.165) is 0 Å². The molecular weight excluding hydrogens is 584 g/mol. The Labute approximate surface area is 262 Å². The quantitative estimate of drug-likeness (QED) is 0.237. The van der Waals surface area contributed by atoms with Gasteiger partial charge in [0.2, 0.25) is 0 Å². The van der Waals surface area contributed by atoms with Crippen molar-refractivity contribution in [3.8, 4) is 22.6 Å². The standard InChI is InChI=1S/C24H16O4.2C5H5.2Fe/c25-23(17-9-1-2-10-17)27-21-15-7-5-13-19(21)20-14-6-8-16-22(20)28-24(26)18-11-3-4-12-18;2*1-2-4-5-3-1;;/h1-16H;2*1-5H;;/q;;;2*+2. The third kappa shape index (κ3) is 11.0. The number of rotatable bonds is 5. The van der Waals surface area contributed by atoms with Gasteiger partial charge in [0.1, 0.15) is 11.5 Å². The Morgan fingerprint density at radius 3 is 0.975 bits per heavy atom. The van der Waals surface area contributed by atoms with Crippen LogP contribution >= 0.6 is 0 Å². The van der Waals surface area contributed by atoms with Crippen LogP contribution in [0.25, 0.3) is 11.1 Å². The van der Waals surface area contributed by atoms with E-state index >= 15 is 0 Å². The minimum absolute atomic E-state index is 0. The van der Waals surface area contributed by atoms with Gasteiger partial charge in [-0.3, -0.25) is 9.59 Å². The maximum Gasteiger partial charge on any atom is 2.00 e. The van der Waals surface area contributed by atoms with Crippen molar-refractivity contribution in [3.05, 3.63) is 176 Å². The molecule has 4 aliphatic rings. The van der Waals surface area contributed by atoms with E-state index in [1.54, 1.807) is 75.6 Å². The Morgan fingerprint density at radius 1 is 0.400 bits per heavy atom. The first-order chi connectivity index (χ1) is 18.7. The summed E-state index contributed by atoms with van der Waals surface area (Å²) in [5.74, 6) is 0.861. The number of benzene rings is 2. The van der Waals surface area contributed by atoms with Crippen LogP contribution in [-0.4, -0.2) is 11.9 Å². The summed E-state index contributed by atoms with van der Waals surface area (Å²) in [5.41, 5.74) is 1.32. The van der Waals surface area contributed by atoms with Crippen LogP contribution in [0.5, 0.6) is 11.5 Å². The van der Waals surface area contributed by atoms with Gasteiger partial charge >= 0.3 is 46.1 Å². The molecule has 0 bridgehead atoms. The van der Waals surface area contributed by atoms with Gasteiger partial charge in [0, 0.05) is 11.1 Å². The summed E-state index contributed by atoms with van der Waals surface area (Å²) in [6.45, 7) is 0. The fraction of sp³-hybridized carbons (Fsp3) is 0. The summed E-state index contributed by atoms with van der Waals surface area (Å²) in [5, 5.41) is 0. The maximum atomic E-state index is 12.4. The average molecular weight is 610 g/mol. The normalized spacial score (nSPS) is 18.3. The van der Waals surface area contributed by atoms with E-state index in [2.05, 4.69) is 0 Å². The van der Waals surface area contributed by atoms with Gasteiger partial charge in [-0.05, 0) is 128 Å². The van der Waals surface area contributed by atoms with Gasteiger partial charge in [-0.2, -0.15) is 0 Å². The second-order valence-corrected chi connectivity index (χ2v) is 8.04. The third-order valence-corrected chi connectivity index (χ3v) is 5.38. The first-order valence-electron chi connectivity index (χ1n) is 12.1. The molecule has 4 saturated carbocycles. The zero-order valence-electron chi connectivity index (χ0n) is 21.4. The number of carbonyl (C=O) groups is 2. The van der Waals surface area contributed by atoms with Crippen molar-refractivity contribution in [3.63, 3.8) is 0 Å². The van der Waals surface area contributed by atoms with Crippen LogP contribution in [0.2, 0.25) is 0 Å². The molecule has 40 heavy (non-hydrogen) atoms. The van der Waals surface area contributed by atoms with Gasteiger partial charge < -0.3 is 9.47 Å². The topological polar surface area (TPSA) is 52.6 Å². The molecule has 0 heterocycles. The summed E-state index contributed by atoms with van der Waals surface area (Å²) in [6, 6.07) is 14.3. The molecule has 4 aliphatic carbocycles. The molecule has 4 fully saturated rings. The van der Waals surface area contributed by atoms with Crippen molar-refractivity contribution in [2.45, 2.75) is 0 Å². The second-order valence-electron chi connectivity index (χ2n) is 8.04. The first-order valence-corrected chi connectivity index (χ1v) is 12.1. The van der Waals surface area contributed by atoms with Gasteiger partial charge in [0.15, 0.2) is 0 Å². The molecule has 0 spiro atoms. The summed E-state index contributed by atoms with van der Waals surface area (Å²) in [6.07, 6.45) is 33.9. The molecule has 6 rings (SSSR count). The van der Waals surface area contributed by atoms with Crippen molar-refractivity contribution < 1.29 is 53.2 Å². The van der Waals surface area contributed by atoms with Gasteiger partial charge in [-0.15, -0.1) is 0 Å². The molecule has 6 heteroatoms. The predicted molar refractivity (Wildman–Crippen MR) is 147 cm³/mol. The average Bonchev–Trinajstić information content (AvgIpc) is 3.78. The van der Waals surface area contributed by atoms with Gasteiger partial charge in [-0.25, -0.2) is 0 Å². The smallest absolute Gasteiger partial charge is 0.425 e. The zero-order chi connectivity index (χ0) is 26.4. The Balaban J connectivity index is 0.000000392. The Hall–Kier alpha value is -1.58. The van der Waals surface area contributed by atoms with Crippen molar-refractivity contribution in [2.24, 2.45) is 0 Å². The summed E-state index contributed by atoms with van der Waals surface area (Å²) in [7, 11) is 0. The van der Waals surface area contributed by atoms with Crippen LogP contribution in [0.15, 0.2) is 48.5 Å². The Bertz CT molecular complexity index is 908. The van der Waals surface area contributed by atoms with E-state index in [1.165, 1.54) is 0 Å². The second kappa shape index (κ2) is 19.5. The number of esters is 2. The van der Waals surface area contributed by atoms with E-state index in [-0.39, 0.29) is 34.1 Å². The third-order valence-electron chi connectivity index (χ3n) is 5.38. The van der Waals surface area contributed by atoms with Crippen molar-refractivity contribution in [1.29, 1.82) is 0 Å². The van der Waals surface area contributed by atoms with Crippen LogP contribution in [0.1, 0.15) is 0 Å². The molecule has 0 aromatic heterocycles. The molecule has 0 atom stereocenters. The minimum Gasteiger partial charge on any atom is -0.425 e. The van der Waals surface area contributed by atoms with E-state index in [4.69, 9.17) is 9.47 Å². The van der Waals surface area contributed by atoms with E-state index in [1.807, 2.05) is 88.5 Å². The Morgan fingerprint density at radius 2 is 0.675 bits per heavy atom. The molecular formula is C34H26Fe2O4+4. The number of carbonyl (C=O) groups excluding carboxylic acids is 2. The van der Waals surface area contributed by atoms with Gasteiger partial charge in [-0.1, -0.05) is 36.4 Å². The molecule has 0 unspecified atom stereocenters. The molecule has 198 valence electrons. The zero-order valence-corrected chi connectivity index (χ0v) is 23.6. The SMILES string of the molecule is O=C(Oc1ccccc1-c1ccccc1OC(=O)[C]1[CH][CH][CH][CH]1)[C]1[CH][CH][CH][CH]1.[CH]1[CH][CH][CH][CH]1.[CH]1[CH][CH][CH][CH]1.[Fe+2].[Fe+2]. The summed E-state index contributed by atoms with van der Waals surface area (Å²) >= 11 is 0. The van der Waals surface area contributed by atoms with Crippen molar-refractivity contribution in [2.75, 3.05) is 0 Å². The van der Waals surface area contributed by atoms with E-state index in [9.17, 15) is 9.59 Å². The number of hydrogen-bond acceptors (Lipinski definition) is 4. The largest absolute Gasteiger partial charge is 2.00 e. The van der Waals surface area contributed by atoms with Crippen LogP contribution in [-0.2, 0) is 43.7 Å². The van der Waals surface area contributed by atoms with Crippen LogP contribution in [0, 0.1) is 127 Å². The molecule has 0 saturated heterocycles. The molecule has 4 nitrogen and oxygen atoms in total. The van der Waals surface area contributed by atoms with E-state index < -0.39 is 11.9 Å². The number of hydrogen-bond donors (Lipinski definition) is 0. The Kier molecular flexibility index (Phi) is 16.9. The summed E-state index contributed by atoms with van der Waals surface area (Å²) in [4.78, 5) is 24.7. The molecule has 0 aliphatic heterocycles. The van der Waals surface area contributed by atoms with E-state index in [0.29, 0.717) is 34.5 Å².